The van der Waals surface area contributed by atoms with E-state index in [0.717, 1.165) is 17.0 Å². The van der Waals surface area contributed by atoms with Crippen molar-refractivity contribution >= 4 is 17.8 Å². The Morgan fingerprint density at radius 3 is 2.62 bits per heavy atom. The summed E-state index contributed by atoms with van der Waals surface area (Å²) in [5.74, 6) is 1.36. The van der Waals surface area contributed by atoms with Crippen LogP contribution in [0.2, 0.25) is 0 Å². The Labute approximate surface area is 153 Å². The minimum atomic E-state index is -0.0184. The zero-order valence-electron chi connectivity index (χ0n) is 14.8. The van der Waals surface area contributed by atoms with Gasteiger partial charge in [0, 0.05) is 19.3 Å². The van der Waals surface area contributed by atoms with Gasteiger partial charge in [-0.2, -0.15) is 0 Å². The van der Waals surface area contributed by atoms with Crippen molar-refractivity contribution < 1.29 is 19.0 Å². The van der Waals surface area contributed by atoms with Gasteiger partial charge in [0.15, 0.2) is 6.61 Å². The highest BCUT2D eigenvalue weighted by molar-refractivity contribution is 5.83. The van der Waals surface area contributed by atoms with Crippen LogP contribution in [0.3, 0.4) is 0 Å². The SMILES string of the molecule is COc1ccccc1N=Cc1ccc(OCC(=O)N2CCOCC2)cc1. The van der Waals surface area contributed by atoms with Gasteiger partial charge in [0.1, 0.15) is 17.2 Å². The zero-order valence-corrected chi connectivity index (χ0v) is 14.8. The fraction of sp³-hybridized carbons (Fsp3) is 0.300. The summed E-state index contributed by atoms with van der Waals surface area (Å²) >= 11 is 0. The third-order valence-corrected chi connectivity index (χ3v) is 4.04. The average molecular weight is 354 g/mol. The van der Waals surface area contributed by atoms with Gasteiger partial charge in [0.05, 0.1) is 20.3 Å². The maximum absolute atomic E-state index is 12.1. The van der Waals surface area contributed by atoms with Gasteiger partial charge in [0.2, 0.25) is 0 Å². The number of aliphatic imine (C=N–C) groups is 1. The molecule has 0 aromatic heterocycles. The second-order valence-corrected chi connectivity index (χ2v) is 5.78. The Morgan fingerprint density at radius 1 is 1.15 bits per heavy atom. The first-order valence-corrected chi connectivity index (χ1v) is 8.52. The molecule has 0 atom stereocenters. The predicted octanol–water partition coefficient (Wildman–Crippen LogP) is 2.68. The molecule has 1 saturated heterocycles. The first-order chi connectivity index (χ1) is 12.8. The fourth-order valence-electron chi connectivity index (χ4n) is 2.58. The first kappa shape index (κ1) is 17.9. The van der Waals surface area contributed by atoms with E-state index in [-0.39, 0.29) is 12.5 Å². The quantitative estimate of drug-likeness (QED) is 0.749. The number of methoxy groups -OCH3 is 1. The van der Waals surface area contributed by atoms with E-state index in [0.29, 0.717) is 32.1 Å². The molecular weight excluding hydrogens is 332 g/mol. The largest absolute Gasteiger partial charge is 0.494 e. The molecule has 1 aliphatic heterocycles. The smallest absolute Gasteiger partial charge is 0.260 e. The van der Waals surface area contributed by atoms with E-state index in [1.54, 1.807) is 18.2 Å². The van der Waals surface area contributed by atoms with Crippen LogP contribution in [-0.2, 0) is 9.53 Å². The molecule has 0 N–H and O–H groups in total. The van der Waals surface area contributed by atoms with Crippen molar-refractivity contribution in [1.82, 2.24) is 4.90 Å². The molecule has 6 nitrogen and oxygen atoms in total. The van der Waals surface area contributed by atoms with Crippen molar-refractivity contribution in [2.75, 3.05) is 40.0 Å². The van der Waals surface area contributed by atoms with E-state index >= 15 is 0 Å². The van der Waals surface area contributed by atoms with Crippen LogP contribution in [0.15, 0.2) is 53.5 Å². The van der Waals surface area contributed by atoms with Crippen LogP contribution in [-0.4, -0.2) is 57.0 Å². The number of carbonyl (C=O) groups is 1. The fourth-order valence-corrected chi connectivity index (χ4v) is 2.58. The van der Waals surface area contributed by atoms with E-state index in [1.807, 2.05) is 48.5 Å². The molecule has 1 fully saturated rings. The Hall–Kier alpha value is -2.86. The number of morpholine rings is 1. The number of hydrogen-bond donors (Lipinski definition) is 0. The summed E-state index contributed by atoms with van der Waals surface area (Å²) in [4.78, 5) is 18.3. The Balaban J connectivity index is 1.54. The van der Waals surface area contributed by atoms with Gasteiger partial charge in [-0.1, -0.05) is 12.1 Å². The normalized spacial score (nSPS) is 14.4. The standard InChI is InChI=1S/C20H22N2O4/c1-24-19-5-3-2-4-18(19)21-14-16-6-8-17(9-7-16)26-15-20(23)22-10-12-25-13-11-22/h2-9,14H,10-13,15H2,1H3. The van der Waals surface area contributed by atoms with Crippen LogP contribution in [0, 0.1) is 0 Å². The lowest BCUT2D eigenvalue weighted by Crippen LogP contribution is -2.42. The summed E-state index contributed by atoms with van der Waals surface area (Å²) in [6.45, 7) is 2.47. The molecule has 0 saturated carbocycles. The summed E-state index contributed by atoms with van der Waals surface area (Å²) in [6, 6.07) is 15.0. The van der Waals surface area contributed by atoms with Gasteiger partial charge in [-0.05, 0) is 42.0 Å². The number of para-hydroxylation sites is 2. The molecule has 0 radical (unpaired) electrons. The number of hydrogen-bond acceptors (Lipinski definition) is 5. The number of carbonyl (C=O) groups excluding carboxylic acids is 1. The maximum atomic E-state index is 12.1. The van der Waals surface area contributed by atoms with Crippen molar-refractivity contribution in [1.29, 1.82) is 0 Å². The molecular formula is C20H22N2O4. The molecule has 6 heteroatoms. The summed E-state index contributed by atoms with van der Waals surface area (Å²) in [6.07, 6.45) is 1.76. The molecule has 1 heterocycles. The maximum Gasteiger partial charge on any atom is 0.260 e. The van der Waals surface area contributed by atoms with Gasteiger partial charge in [0.25, 0.3) is 5.91 Å². The Morgan fingerprint density at radius 2 is 1.88 bits per heavy atom. The van der Waals surface area contributed by atoms with Crippen LogP contribution in [0.25, 0.3) is 0 Å². The van der Waals surface area contributed by atoms with E-state index < -0.39 is 0 Å². The van der Waals surface area contributed by atoms with Gasteiger partial charge in [-0.25, -0.2) is 0 Å². The van der Waals surface area contributed by atoms with Crippen LogP contribution >= 0.6 is 0 Å². The highest BCUT2D eigenvalue weighted by Crippen LogP contribution is 2.26. The molecule has 0 aliphatic carbocycles. The van der Waals surface area contributed by atoms with E-state index in [2.05, 4.69) is 4.99 Å². The minimum absolute atomic E-state index is 0.0184. The van der Waals surface area contributed by atoms with Crippen LogP contribution in [0.5, 0.6) is 11.5 Å². The highest BCUT2D eigenvalue weighted by Gasteiger charge is 2.16. The molecule has 0 unspecified atom stereocenters. The summed E-state index contributed by atoms with van der Waals surface area (Å²) in [7, 11) is 1.62. The molecule has 1 aliphatic rings. The number of ether oxygens (including phenoxy) is 3. The third kappa shape index (κ3) is 4.83. The van der Waals surface area contributed by atoms with Crippen LogP contribution < -0.4 is 9.47 Å². The molecule has 26 heavy (non-hydrogen) atoms. The van der Waals surface area contributed by atoms with Crippen molar-refractivity contribution in [3.05, 3.63) is 54.1 Å². The Kier molecular flexibility index (Phi) is 6.22. The third-order valence-electron chi connectivity index (χ3n) is 4.04. The highest BCUT2D eigenvalue weighted by atomic mass is 16.5. The number of nitrogens with zero attached hydrogens (tertiary/aromatic N) is 2. The van der Waals surface area contributed by atoms with Crippen molar-refractivity contribution in [3.63, 3.8) is 0 Å². The number of rotatable bonds is 6. The number of amides is 1. The van der Waals surface area contributed by atoms with Crippen molar-refractivity contribution in [2.24, 2.45) is 4.99 Å². The molecule has 136 valence electrons. The van der Waals surface area contributed by atoms with Crippen molar-refractivity contribution in [2.45, 2.75) is 0 Å². The second kappa shape index (κ2) is 9.01. The van der Waals surface area contributed by atoms with Gasteiger partial charge < -0.3 is 19.1 Å². The summed E-state index contributed by atoms with van der Waals surface area (Å²) in [5, 5.41) is 0. The van der Waals surface area contributed by atoms with Gasteiger partial charge in [-0.15, -0.1) is 0 Å². The summed E-state index contributed by atoms with van der Waals surface area (Å²) < 4.78 is 16.1. The molecule has 0 bridgehead atoms. The van der Waals surface area contributed by atoms with Crippen LogP contribution in [0.1, 0.15) is 5.56 Å². The summed E-state index contributed by atoms with van der Waals surface area (Å²) in [5.41, 5.74) is 1.70. The van der Waals surface area contributed by atoms with E-state index in [4.69, 9.17) is 14.2 Å². The van der Waals surface area contributed by atoms with Gasteiger partial charge >= 0.3 is 0 Å². The average Bonchev–Trinajstić information content (AvgIpc) is 2.72. The van der Waals surface area contributed by atoms with Crippen LogP contribution in [0.4, 0.5) is 5.69 Å². The number of benzene rings is 2. The minimum Gasteiger partial charge on any atom is -0.494 e. The molecule has 2 aromatic rings. The topological polar surface area (TPSA) is 60.4 Å². The molecule has 0 spiro atoms. The molecule has 2 aromatic carbocycles. The molecule has 3 rings (SSSR count). The van der Waals surface area contributed by atoms with E-state index in [9.17, 15) is 4.79 Å². The Bertz CT molecular complexity index is 753. The lowest BCUT2D eigenvalue weighted by molar-refractivity contribution is -0.137. The van der Waals surface area contributed by atoms with Crippen molar-refractivity contribution in [3.8, 4) is 11.5 Å². The van der Waals surface area contributed by atoms with E-state index in [1.165, 1.54) is 0 Å². The second-order valence-electron chi connectivity index (χ2n) is 5.78. The lowest BCUT2D eigenvalue weighted by Gasteiger charge is -2.26. The monoisotopic (exact) mass is 354 g/mol. The lowest BCUT2D eigenvalue weighted by atomic mass is 10.2. The molecule has 1 amide bonds. The van der Waals surface area contributed by atoms with Gasteiger partial charge in [-0.3, -0.25) is 9.79 Å². The first-order valence-electron chi connectivity index (χ1n) is 8.52. The predicted molar refractivity (Wildman–Crippen MR) is 99.6 cm³/mol. The zero-order chi connectivity index (χ0) is 18.2.